The Kier molecular flexibility index (Phi) is 13.3. The summed E-state index contributed by atoms with van der Waals surface area (Å²) in [5, 5.41) is 24.9. The quantitative estimate of drug-likeness (QED) is 0.229. The Balaban J connectivity index is 1.71. The SMILES string of the molecule is C/C(=C\C=C\C(C)CNC(=O)C1CCCC1)[C@H]1OC(=O)C[C@@H](O)CC[C@](C)(O)[C@@H](OC(=O)N2CCN(C)CC2)/C=C/[C@@H]1C. The van der Waals surface area contributed by atoms with Gasteiger partial charge in [0.25, 0.3) is 0 Å². The summed E-state index contributed by atoms with van der Waals surface area (Å²) < 4.78 is 11.7. The number of nitrogens with zero attached hydrogens (tertiary/aromatic N) is 2. The number of cyclic esters (lactones) is 1. The van der Waals surface area contributed by atoms with Crippen molar-refractivity contribution >= 4 is 18.0 Å². The smallest absolute Gasteiger partial charge is 0.410 e. The highest BCUT2D eigenvalue weighted by Crippen LogP contribution is 2.28. The lowest BCUT2D eigenvalue weighted by Crippen LogP contribution is -2.50. The number of carbonyl (C=O) groups excluding carboxylic acids is 3. The highest BCUT2D eigenvalue weighted by atomic mass is 16.6. The van der Waals surface area contributed by atoms with E-state index >= 15 is 0 Å². The van der Waals surface area contributed by atoms with Crippen molar-refractivity contribution in [3.8, 4) is 0 Å². The number of nitrogens with one attached hydrogen (secondary N) is 1. The summed E-state index contributed by atoms with van der Waals surface area (Å²) in [6, 6.07) is 0. The standard InChI is InChI=1S/C33H53N3O7/c1-23(22-34-31(39)26-11-6-7-12-26)9-8-10-24(2)30-25(3)13-14-28(42-32(40)36-19-17-35(5)18-20-36)33(4,41)16-15-27(37)21-29(38)43-30/h8-10,13-14,23,25-28,30,37,41H,6-7,11-12,15-22H2,1-5H3,(H,34,39)/b9-8+,14-13+,24-10+/t23?,25-,27-,28-,30+,33-/m0/s1. The van der Waals surface area contributed by atoms with Crippen LogP contribution in [0.5, 0.6) is 0 Å². The van der Waals surface area contributed by atoms with E-state index in [1.807, 2.05) is 52.1 Å². The second kappa shape index (κ2) is 16.4. The number of ether oxygens (including phenoxy) is 2. The molecule has 1 aliphatic carbocycles. The van der Waals surface area contributed by atoms with Crippen molar-refractivity contribution in [2.24, 2.45) is 17.8 Å². The maximum absolute atomic E-state index is 13.0. The molecule has 3 aliphatic rings. The number of aliphatic hydroxyl groups is 2. The van der Waals surface area contributed by atoms with Gasteiger partial charge in [0.15, 0.2) is 6.10 Å². The minimum atomic E-state index is -1.45. The molecule has 6 atom stereocenters. The predicted molar refractivity (Wildman–Crippen MR) is 165 cm³/mol. The second-order valence-electron chi connectivity index (χ2n) is 13.0. The van der Waals surface area contributed by atoms with Crippen molar-refractivity contribution in [2.45, 2.75) is 96.6 Å². The van der Waals surface area contributed by atoms with Gasteiger partial charge in [-0.25, -0.2) is 4.79 Å². The van der Waals surface area contributed by atoms with Gasteiger partial charge in [0, 0.05) is 44.6 Å². The predicted octanol–water partition coefficient (Wildman–Crippen LogP) is 3.58. The first-order valence-electron chi connectivity index (χ1n) is 15.9. The maximum Gasteiger partial charge on any atom is 0.410 e. The number of esters is 1. The van der Waals surface area contributed by atoms with Crippen LogP contribution in [0.3, 0.4) is 0 Å². The third-order valence-electron chi connectivity index (χ3n) is 8.89. The minimum absolute atomic E-state index is 0.124. The van der Waals surface area contributed by atoms with Gasteiger partial charge >= 0.3 is 12.1 Å². The highest BCUT2D eigenvalue weighted by Gasteiger charge is 2.36. The first-order valence-corrected chi connectivity index (χ1v) is 15.9. The number of carbonyl (C=O) groups is 3. The molecule has 2 fully saturated rings. The molecule has 2 aliphatic heterocycles. The molecule has 43 heavy (non-hydrogen) atoms. The van der Waals surface area contributed by atoms with Crippen LogP contribution in [-0.2, 0) is 19.1 Å². The Morgan fingerprint density at radius 1 is 1.19 bits per heavy atom. The van der Waals surface area contributed by atoms with Crippen molar-refractivity contribution in [2.75, 3.05) is 39.8 Å². The van der Waals surface area contributed by atoms with Crippen LogP contribution in [0.25, 0.3) is 0 Å². The summed E-state index contributed by atoms with van der Waals surface area (Å²) in [6.07, 6.45) is 10.5. The van der Waals surface area contributed by atoms with Crippen LogP contribution >= 0.6 is 0 Å². The molecule has 0 aromatic carbocycles. The van der Waals surface area contributed by atoms with Crippen molar-refractivity contribution < 1.29 is 34.1 Å². The lowest BCUT2D eigenvalue weighted by molar-refractivity contribution is -0.151. The zero-order valence-corrected chi connectivity index (χ0v) is 26.7. The van der Waals surface area contributed by atoms with Gasteiger partial charge in [-0.15, -0.1) is 0 Å². The Morgan fingerprint density at radius 3 is 2.53 bits per heavy atom. The lowest BCUT2D eigenvalue weighted by Gasteiger charge is -2.36. The molecule has 0 radical (unpaired) electrons. The zero-order valence-electron chi connectivity index (χ0n) is 26.7. The van der Waals surface area contributed by atoms with Gasteiger partial charge in [-0.05, 0) is 64.1 Å². The Morgan fingerprint density at radius 2 is 1.86 bits per heavy atom. The third-order valence-corrected chi connectivity index (χ3v) is 8.89. The van der Waals surface area contributed by atoms with E-state index in [4.69, 9.17) is 9.47 Å². The highest BCUT2D eigenvalue weighted by molar-refractivity contribution is 5.78. The lowest BCUT2D eigenvalue weighted by atomic mass is 9.89. The number of piperazine rings is 1. The van der Waals surface area contributed by atoms with Crippen LogP contribution in [0.15, 0.2) is 36.0 Å². The molecule has 0 aromatic heterocycles. The van der Waals surface area contributed by atoms with Crippen LogP contribution in [0.4, 0.5) is 4.79 Å². The number of amides is 2. The monoisotopic (exact) mass is 603 g/mol. The fourth-order valence-electron chi connectivity index (χ4n) is 5.78. The van der Waals surface area contributed by atoms with E-state index in [0.29, 0.717) is 19.6 Å². The van der Waals surface area contributed by atoms with Crippen LogP contribution in [0, 0.1) is 17.8 Å². The molecular weight excluding hydrogens is 550 g/mol. The van der Waals surface area contributed by atoms with Crippen LogP contribution < -0.4 is 5.32 Å². The van der Waals surface area contributed by atoms with Crippen LogP contribution in [-0.4, -0.2) is 102 Å². The maximum atomic E-state index is 13.0. The van der Waals surface area contributed by atoms with Crippen molar-refractivity contribution in [3.63, 3.8) is 0 Å². The summed E-state index contributed by atoms with van der Waals surface area (Å²) in [5.74, 6) is -0.428. The van der Waals surface area contributed by atoms with E-state index in [-0.39, 0.29) is 42.9 Å². The molecule has 2 heterocycles. The summed E-state index contributed by atoms with van der Waals surface area (Å²) >= 11 is 0. The molecule has 0 bridgehead atoms. The second-order valence-corrected chi connectivity index (χ2v) is 13.0. The molecule has 3 rings (SSSR count). The largest absolute Gasteiger partial charge is 0.457 e. The van der Waals surface area contributed by atoms with Crippen LogP contribution in [0.1, 0.15) is 72.6 Å². The third kappa shape index (κ3) is 11.1. The van der Waals surface area contributed by atoms with E-state index in [2.05, 4.69) is 10.2 Å². The number of rotatable bonds is 7. The summed E-state index contributed by atoms with van der Waals surface area (Å²) in [6.45, 7) is 10.5. The normalized spacial score (nSPS) is 32.0. The molecule has 1 saturated heterocycles. The first-order chi connectivity index (χ1) is 20.4. The van der Waals surface area contributed by atoms with Gasteiger partial charge in [-0.2, -0.15) is 0 Å². The Bertz CT molecular complexity index is 1030. The number of hydrogen-bond donors (Lipinski definition) is 3. The number of hydrogen-bond acceptors (Lipinski definition) is 8. The van der Waals surface area contributed by atoms with Crippen molar-refractivity contribution in [3.05, 3.63) is 36.0 Å². The fourth-order valence-corrected chi connectivity index (χ4v) is 5.78. The van der Waals surface area contributed by atoms with Gasteiger partial charge in [0.2, 0.25) is 5.91 Å². The molecule has 242 valence electrons. The Labute approximate surface area is 257 Å². The van der Waals surface area contributed by atoms with Gasteiger partial charge in [0.05, 0.1) is 12.5 Å². The average Bonchev–Trinajstić information content (AvgIpc) is 3.50. The number of allylic oxidation sites excluding steroid dienone is 2. The fraction of sp³-hybridized carbons (Fsp3) is 0.727. The van der Waals surface area contributed by atoms with E-state index in [0.717, 1.165) is 44.3 Å². The molecule has 10 nitrogen and oxygen atoms in total. The molecule has 1 saturated carbocycles. The van der Waals surface area contributed by atoms with Crippen molar-refractivity contribution in [1.29, 1.82) is 0 Å². The minimum Gasteiger partial charge on any atom is -0.457 e. The van der Waals surface area contributed by atoms with Gasteiger partial charge in [-0.1, -0.05) is 51.0 Å². The molecule has 10 heteroatoms. The summed E-state index contributed by atoms with van der Waals surface area (Å²) in [7, 11) is 2.00. The Hall–Kier alpha value is -2.69. The number of aliphatic hydroxyl groups excluding tert-OH is 1. The number of likely N-dealkylation sites (N-methyl/N-ethyl adjacent to an activating group) is 1. The molecule has 1 unspecified atom stereocenters. The zero-order chi connectivity index (χ0) is 31.6. The van der Waals surface area contributed by atoms with E-state index in [9.17, 15) is 24.6 Å². The van der Waals surface area contributed by atoms with E-state index < -0.39 is 36.0 Å². The average molecular weight is 604 g/mol. The topological polar surface area (TPSA) is 129 Å². The van der Waals surface area contributed by atoms with Gasteiger partial charge < -0.3 is 34.8 Å². The molecular formula is C33H53N3O7. The first kappa shape index (κ1) is 34.8. The van der Waals surface area contributed by atoms with Gasteiger partial charge in [-0.3, -0.25) is 9.59 Å². The summed E-state index contributed by atoms with van der Waals surface area (Å²) in [4.78, 5) is 41.9. The molecule has 0 aromatic rings. The summed E-state index contributed by atoms with van der Waals surface area (Å²) in [5.41, 5.74) is -0.650. The van der Waals surface area contributed by atoms with Gasteiger partial charge in [0.1, 0.15) is 11.7 Å². The van der Waals surface area contributed by atoms with E-state index in [1.54, 1.807) is 17.9 Å². The molecule has 0 spiro atoms. The van der Waals surface area contributed by atoms with E-state index in [1.165, 1.54) is 0 Å². The van der Waals surface area contributed by atoms with Crippen LogP contribution in [0.2, 0.25) is 0 Å². The van der Waals surface area contributed by atoms with Crippen molar-refractivity contribution in [1.82, 2.24) is 15.1 Å². The molecule has 2 amide bonds. The molecule has 3 N–H and O–H groups in total.